The van der Waals surface area contributed by atoms with Gasteiger partial charge in [-0.05, 0) is 67.9 Å². The van der Waals surface area contributed by atoms with Crippen molar-refractivity contribution in [2.24, 2.45) is 17.6 Å². The van der Waals surface area contributed by atoms with Crippen LogP contribution in [0.3, 0.4) is 0 Å². The van der Waals surface area contributed by atoms with Gasteiger partial charge in [0.25, 0.3) is 5.91 Å². The standard InChI is InChI=1S/C38H51Cl2N9O6/c1-6-22(4)32(36(53)46-31(37(54)55)17-24-11-8-7-9-12-24)47-34(51)29(15-21(2)3)45-33(50)28(13-10-14-43-38(41)42)44-35(52)30-16-23(5)49(48-30)27-19-25(39)18-26(40)20-27/h7-9,11-12,16,18-22,28-29,31-32H,6,10,13-15,17H2,1-5H3,(H,44,52)(H,45,50)(H,46,53)(H,47,51)(H,54,55)(H4,41,42,43)/t22-,28-,29-,31-,32-/m0/s1. The zero-order chi connectivity index (χ0) is 40.8. The van der Waals surface area contributed by atoms with Gasteiger partial charge in [0.2, 0.25) is 17.7 Å². The van der Waals surface area contributed by atoms with Crippen molar-refractivity contribution in [3.8, 4) is 5.69 Å². The van der Waals surface area contributed by atoms with Gasteiger partial charge < -0.3 is 37.4 Å². The van der Waals surface area contributed by atoms with Crippen molar-refractivity contribution >= 4 is 58.8 Å². The molecular weight excluding hydrogens is 749 g/mol. The molecule has 0 spiro atoms. The first-order valence-electron chi connectivity index (χ1n) is 18.1. The van der Waals surface area contributed by atoms with Gasteiger partial charge in [0, 0.05) is 28.7 Å². The Bertz CT molecular complexity index is 1800. The van der Waals surface area contributed by atoms with Crippen LogP contribution in [0.5, 0.6) is 0 Å². The SMILES string of the molecule is CC[C@H](C)[C@H](NC(=O)[C@H](CC(C)C)NC(=O)[C@H](CCCNC(=N)N)NC(=O)c1cc(C)n(-c2cc(Cl)cc(Cl)c2)n1)C(=O)N[C@@H](Cc1ccccc1)C(=O)O. The number of carboxylic acid groups (broad SMARTS) is 1. The lowest BCUT2D eigenvalue weighted by Gasteiger charge is -2.29. The van der Waals surface area contributed by atoms with Crippen molar-refractivity contribution in [2.45, 2.75) is 90.9 Å². The average molecular weight is 801 g/mol. The maximum absolute atomic E-state index is 13.9. The van der Waals surface area contributed by atoms with Gasteiger partial charge >= 0.3 is 5.97 Å². The third-order valence-corrected chi connectivity index (χ3v) is 9.29. The Morgan fingerprint density at radius 1 is 0.873 bits per heavy atom. The largest absolute Gasteiger partial charge is 0.480 e. The molecule has 0 radical (unpaired) electrons. The Labute approximate surface area is 331 Å². The summed E-state index contributed by atoms with van der Waals surface area (Å²) < 4.78 is 1.49. The molecule has 9 N–H and O–H groups in total. The van der Waals surface area contributed by atoms with Crippen LogP contribution in [0.2, 0.25) is 10.0 Å². The van der Waals surface area contributed by atoms with Gasteiger partial charge in [-0.25, -0.2) is 9.48 Å². The molecule has 4 amide bonds. The van der Waals surface area contributed by atoms with Gasteiger partial charge in [0.15, 0.2) is 11.7 Å². The van der Waals surface area contributed by atoms with Crippen molar-refractivity contribution < 1.29 is 29.1 Å². The quantitative estimate of drug-likeness (QED) is 0.0472. The van der Waals surface area contributed by atoms with Gasteiger partial charge in [-0.15, -0.1) is 0 Å². The van der Waals surface area contributed by atoms with Gasteiger partial charge in [0.05, 0.1) is 5.69 Å². The number of guanidine groups is 1. The molecule has 0 aliphatic carbocycles. The molecule has 17 heteroatoms. The highest BCUT2D eigenvalue weighted by molar-refractivity contribution is 6.34. The van der Waals surface area contributed by atoms with Crippen LogP contribution in [0.25, 0.3) is 5.69 Å². The summed E-state index contributed by atoms with van der Waals surface area (Å²) in [4.78, 5) is 67.1. The van der Waals surface area contributed by atoms with E-state index in [0.717, 1.165) is 0 Å². The van der Waals surface area contributed by atoms with Crippen LogP contribution in [0.15, 0.2) is 54.6 Å². The van der Waals surface area contributed by atoms with E-state index in [-0.39, 0.29) is 43.4 Å². The van der Waals surface area contributed by atoms with E-state index in [0.29, 0.717) is 39.8 Å². The second-order valence-electron chi connectivity index (χ2n) is 13.9. The summed E-state index contributed by atoms with van der Waals surface area (Å²) >= 11 is 12.4. The Hall–Kier alpha value is -5.15. The highest BCUT2D eigenvalue weighted by Gasteiger charge is 2.34. The lowest BCUT2D eigenvalue weighted by atomic mass is 9.96. The number of rotatable bonds is 20. The second-order valence-corrected chi connectivity index (χ2v) is 14.7. The third-order valence-electron chi connectivity index (χ3n) is 8.85. The van der Waals surface area contributed by atoms with Crippen LogP contribution >= 0.6 is 23.2 Å². The summed E-state index contributed by atoms with van der Waals surface area (Å²) in [7, 11) is 0. The highest BCUT2D eigenvalue weighted by Crippen LogP contribution is 2.23. The second kappa shape index (κ2) is 21.1. The number of halogens is 2. The van der Waals surface area contributed by atoms with E-state index in [9.17, 15) is 29.1 Å². The monoisotopic (exact) mass is 799 g/mol. The maximum atomic E-state index is 13.9. The van der Waals surface area contributed by atoms with E-state index in [1.165, 1.54) is 4.68 Å². The Morgan fingerprint density at radius 2 is 1.49 bits per heavy atom. The van der Waals surface area contributed by atoms with Crippen molar-refractivity contribution in [1.29, 1.82) is 5.41 Å². The van der Waals surface area contributed by atoms with Crippen molar-refractivity contribution in [1.82, 2.24) is 36.4 Å². The van der Waals surface area contributed by atoms with Gasteiger partial charge in [-0.3, -0.25) is 24.6 Å². The first kappa shape index (κ1) is 44.2. The molecule has 3 rings (SSSR count). The van der Waals surface area contributed by atoms with E-state index in [4.69, 9.17) is 34.3 Å². The molecule has 1 aromatic heterocycles. The molecule has 0 saturated carbocycles. The molecule has 0 unspecified atom stereocenters. The molecule has 5 atom stereocenters. The molecule has 298 valence electrons. The number of nitrogens with zero attached hydrogens (tertiary/aromatic N) is 2. The molecule has 0 fully saturated rings. The number of nitrogens with two attached hydrogens (primary N) is 1. The number of carbonyl (C=O) groups excluding carboxylic acids is 4. The maximum Gasteiger partial charge on any atom is 0.326 e. The fourth-order valence-electron chi connectivity index (χ4n) is 5.78. The number of nitrogens with one attached hydrogen (secondary N) is 6. The predicted octanol–water partition coefficient (Wildman–Crippen LogP) is 3.72. The van der Waals surface area contributed by atoms with E-state index in [2.05, 4.69) is 31.7 Å². The Balaban J connectivity index is 1.82. The summed E-state index contributed by atoms with van der Waals surface area (Å²) in [6.45, 7) is 9.31. The van der Waals surface area contributed by atoms with Crippen molar-refractivity contribution in [2.75, 3.05) is 6.54 Å². The van der Waals surface area contributed by atoms with Crippen LogP contribution in [0, 0.1) is 24.2 Å². The number of amides is 4. The smallest absolute Gasteiger partial charge is 0.326 e. The lowest BCUT2D eigenvalue weighted by Crippen LogP contribution is -2.59. The molecule has 2 aromatic carbocycles. The van der Waals surface area contributed by atoms with Gasteiger partial charge in [0.1, 0.15) is 24.2 Å². The molecule has 15 nitrogen and oxygen atoms in total. The Kier molecular flexibility index (Phi) is 17.0. The van der Waals surface area contributed by atoms with Gasteiger partial charge in [-0.2, -0.15) is 5.10 Å². The van der Waals surface area contributed by atoms with E-state index in [1.807, 2.05) is 20.8 Å². The number of hydrogen-bond donors (Lipinski definition) is 8. The highest BCUT2D eigenvalue weighted by atomic mass is 35.5. The molecule has 0 aliphatic rings. The lowest BCUT2D eigenvalue weighted by molar-refractivity contribution is -0.142. The number of benzene rings is 2. The summed E-state index contributed by atoms with van der Waals surface area (Å²) in [5.74, 6) is -4.57. The number of aryl methyl sites for hydroxylation is 1. The molecule has 0 saturated heterocycles. The van der Waals surface area contributed by atoms with Crippen LogP contribution < -0.4 is 32.3 Å². The number of hydrogen-bond acceptors (Lipinski definition) is 7. The molecular formula is C38H51Cl2N9O6. The number of aliphatic carboxylic acids is 1. The summed E-state index contributed by atoms with van der Waals surface area (Å²) in [5, 5.41) is 36.0. The van der Waals surface area contributed by atoms with Crippen LogP contribution in [-0.4, -0.2) is 81.2 Å². The minimum atomic E-state index is -1.25. The van der Waals surface area contributed by atoms with Crippen molar-refractivity contribution in [3.05, 3.63) is 81.6 Å². The number of aromatic nitrogens is 2. The molecule has 55 heavy (non-hydrogen) atoms. The van der Waals surface area contributed by atoms with Crippen LogP contribution in [0.4, 0.5) is 0 Å². The normalized spacial score (nSPS) is 13.8. The molecule has 1 heterocycles. The van der Waals surface area contributed by atoms with E-state index in [1.54, 1.807) is 68.4 Å². The van der Waals surface area contributed by atoms with Crippen LogP contribution in [0.1, 0.15) is 75.1 Å². The fraction of sp³-hybridized carbons (Fsp3) is 0.447. The van der Waals surface area contributed by atoms with Crippen LogP contribution in [-0.2, 0) is 25.6 Å². The topological polar surface area (TPSA) is 233 Å². The minimum absolute atomic E-state index is 0.0130. The zero-order valence-electron chi connectivity index (χ0n) is 31.6. The first-order chi connectivity index (χ1) is 26.0. The fourth-order valence-corrected chi connectivity index (χ4v) is 6.30. The molecule has 0 aliphatic heterocycles. The number of carboxylic acids is 1. The number of carbonyl (C=O) groups is 5. The third kappa shape index (κ3) is 13.9. The van der Waals surface area contributed by atoms with Crippen molar-refractivity contribution in [3.63, 3.8) is 0 Å². The summed E-state index contributed by atoms with van der Waals surface area (Å²) in [6.07, 6.45) is 1.14. The average Bonchev–Trinajstić information content (AvgIpc) is 3.51. The summed E-state index contributed by atoms with van der Waals surface area (Å²) in [5.41, 5.74) is 7.27. The summed E-state index contributed by atoms with van der Waals surface area (Å²) in [6, 6.07) is 10.6. The predicted molar refractivity (Wildman–Crippen MR) is 211 cm³/mol. The zero-order valence-corrected chi connectivity index (χ0v) is 33.1. The minimum Gasteiger partial charge on any atom is -0.480 e. The van der Waals surface area contributed by atoms with E-state index >= 15 is 0 Å². The Morgan fingerprint density at radius 3 is 2.07 bits per heavy atom. The molecule has 0 bridgehead atoms. The van der Waals surface area contributed by atoms with E-state index < -0.39 is 59.7 Å². The van der Waals surface area contributed by atoms with Gasteiger partial charge in [-0.1, -0.05) is 87.6 Å². The first-order valence-corrected chi connectivity index (χ1v) is 18.8. The molecule has 3 aromatic rings.